The minimum absolute atomic E-state index is 0.0214. The first-order valence-corrected chi connectivity index (χ1v) is 10.5. The number of carbonyl (C=O) groups is 1. The minimum atomic E-state index is -0.0214. The Labute approximate surface area is 164 Å². The predicted octanol–water partition coefficient (Wildman–Crippen LogP) is 1.01. The molecule has 1 saturated heterocycles. The highest BCUT2D eigenvalue weighted by Gasteiger charge is 2.20. The summed E-state index contributed by atoms with van der Waals surface area (Å²) >= 11 is 1.44. The number of nitrogens with zero attached hydrogens (tertiary/aromatic N) is 3. The Morgan fingerprint density at radius 1 is 1.26 bits per heavy atom. The van der Waals surface area contributed by atoms with Crippen molar-refractivity contribution in [1.29, 1.82) is 0 Å². The molecular formula is C19H28N5O2S+. The Bertz CT molecular complexity index is 758. The molecule has 0 unspecified atom stereocenters. The topological polar surface area (TPSA) is 73.5 Å². The maximum Gasteiger partial charge on any atom is 0.234 e. The van der Waals surface area contributed by atoms with Crippen LogP contribution in [0.5, 0.6) is 0 Å². The number of anilines is 1. The molecule has 2 aromatic rings. The molecule has 27 heavy (non-hydrogen) atoms. The van der Waals surface area contributed by atoms with Gasteiger partial charge in [-0.3, -0.25) is 4.79 Å². The lowest BCUT2D eigenvalue weighted by Gasteiger charge is -2.23. The van der Waals surface area contributed by atoms with Crippen molar-refractivity contribution in [3.8, 4) is 0 Å². The number of aryl methyl sites for hydroxylation is 1. The van der Waals surface area contributed by atoms with Gasteiger partial charge in [0.05, 0.1) is 19.0 Å². The molecule has 0 spiro atoms. The first-order valence-electron chi connectivity index (χ1n) is 9.55. The maximum atomic E-state index is 12.4. The number of quaternary nitrogens is 1. The van der Waals surface area contributed by atoms with Crippen molar-refractivity contribution >= 4 is 23.4 Å². The molecule has 146 valence electrons. The van der Waals surface area contributed by atoms with Crippen molar-refractivity contribution in [2.24, 2.45) is 0 Å². The van der Waals surface area contributed by atoms with Crippen LogP contribution in [0.15, 0.2) is 29.4 Å². The first-order chi connectivity index (χ1) is 13.2. The van der Waals surface area contributed by atoms with Crippen LogP contribution in [0.1, 0.15) is 25.2 Å². The quantitative estimate of drug-likeness (QED) is 0.658. The second kappa shape index (κ2) is 9.87. The fraction of sp³-hybridized carbons (Fsp3) is 0.526. The molecule has 2 N–H and O–H groups in total. The first kappa shape index (κ1) is 19.9. The fourth-order valence-corrected chi connectivity index (χ4v) is 4.02. The van der Waals surface area contributed by atoms with Gasteiger partial charge >= 0.3 is 0 Å². The third kappa shape index (κ3) is 5.31. The van der Waals surface area contributed by atoms with Gasteiger partial charge in [0.15, 0.2) is 11.0 Å². The Kier molecular flexibility index (Phi) is 7.25. The number of ether oxygens (including phenoxy) is 1. The number of benzene rings is 1. The summed E-state index contributed by atoms with van der Waals surface area (Å²) in [6.07, 6.45) is 0.890. The summed E-state index contributed by atoms with van der Waals surface area (Å²) in [7, 11) is 0. The number of amides is 1. The Morgan fingerprint density at radius 3 is 2.78 bits per heavy atom. The van der Waals surface area contributed by atoms with Crippen molar-refractivity contribution in [3.63, 3.8) is 0 Å². The average molecular weight is 391 g/mol. The summed E-state index contributed by atoms with van der Waals surface area (Å²) < 4.78 is 7.53. The number of aromatic nitrogens is 3. The van der Waals surface area contributed by atoms with Crippen LogP contribution in [0.4, 0.5) is 5.69 Å². The van der Waals surface area contributed by atoms with Crippen molar-refractivity contribution in [1.82, 2.24) is 14.8 Å². The molecule has 2 heterocycles. The summed E-state index contributed by atoms with van der Waals surface area (Å²) in [5.74, 6) is 1.28. The number of thioether (sulfide) groups is 1. The third-order valence-corrected chi connectivity index (χ3v) is 5.69. The van der Waals surface area contributed by atoms with E-state index in [1.54, 1.807) is 0 Å². The average Bonchev–Trinajstić information content (AvgIpc) is 3.09. The van der Waals surface area contributed by atoms with E-state index in [2.05, 4.69) is 33.9 Å². The van der Waals surface area contributed by atoms with Crippen LogP contribution < -0.4 is 10.2 Å². The van der Waals surface area contributed by atoms with Gasteiger partial charge in [-0.1, -0.05) is 36.9 Å². The second-order valence-corrected chi connectivity index (χ2v) is 7.47. The van der Waals surface area contributed by atoms with Crippen LogP contribution in [0.25, 0.3) is 0 Å². The lowest BCUT2D eigenvalue weighted by atomic mass is 10.1. The molecule has 7 nitrogen and oxygen atoms in total. The molecule has 1 aromatic carbocycles. The zero-order valence-corrected chi connectivity index (χ0v) is 16.8. The Hall–Kier alpha value is -1.90. The summed E-state index contributed by atoms with van der Waals surface area (Å²) in [6, 6.07) is 7.91. The number of hydrogen-bond donors (Lipinski definition) is 2. The van der Waals surface area contributed by atoms with E-state index in [0.717, 1.165) is 68.0 Å². The summed E-state index contributed by atoms with van der Waals surface area (Å²) in [5, 5.41) is 12.5. The van der Waals surface area contributed by atoms with Gasteiger partial charge in [-0.05, 0) is 25.0 Å². The highest BCUT2D eigenvalue weighted by atomic mass is 32.2. The lowest BCUT2D eigenvalue weighted by Crippen LogP contribution is -3.12. The van der Waals surface area contributed by atoms with Crippen LogP contribution >= 0.6 is 11.8 Å². The summed E-state index contributed by atoms with van der Waals surface area (Å²) in [4.78, 5) is 13.8. The van der Waals surface area contributed by atoms with E-state index in [1.165, 1.54) is 16.7 Å². The van der Waals surface area contributed by atoms with E-state index in [0.29, 0.717) is 5.75 Å². The zero-order chi connectivity index (χ0) is 19.1. The van der Waals surface area contributed by atoms with Gasteiger partial charge in [0, 0.05) is 12.2 Å². The molecule has 0 radical (unpaired) electrons. The van der Waals surface area contributed by atoms with Crippen molar-refractivity contribution < 1.29 is 14.4 Å². The molecule has 0 atom stereocenters. The van der Waals surface area contributed by atoms with Gasteiger partial charge in [0.1, 0.15) is 19.6 Å². The fourth-order valence-electron chi connectivity index (χ4n) is 3.20. The molecule has 8 heteroatoms. The Morgan fingerprint density at radius 2 is 2.04 bits per heavy atom. The van der Waals surface area contributed by atoms with Gasteiger partial charge in [0.2, 0.25) is 5.91 Å². The van der Waals surface area contributed by atoms with Gasteiger partial charge in [0.25, 0.3) is 0 Å². The zero-order valence-electron chi connectivity index (χ0n) is 16.0. The van der Waals surface area contributed by atoms with Crippen LogP contribution in [0.3, 0.4) is 0 Å². The number of hydrogen-bond acceptors (Lipinski definition) is 5. The van der Waals surface area contributed by atoms with E-state index < -0.39 is 0 Å². The molecule has 0 saturated carbocycles. The Balaban J connectivity index is 1.58. The van der Waals surface area contributed by atoms with E-state index in [1.807, 2.05) is 24.3 Å². The van der Waals surface area contributed by atoms with E-state index in [9.17, 15) is 4.79 Å². The summed E-state index contributed by atoms with van der Waals surface area (Å²) in [5.41, 5.74) is 2.03. The molecule has 0 bridgehead atoms. The number of carbonyl (C=O) groups excluding carboxylic acids is 1. The standard InChI is InChI=1S/C19H27N5O2S/c1-3-15-7-5-6-8-16(15)20-18(25)14-27-19-22-21-17(24(19)4-2)13-23-9-11-26-12-10-23/h5-8H,3-4,9-14H2,1-2H3,(H,20,25)/p+1. The molecule has 1 amide bonds. The van der Waals surface area contributed by atoms with Crippen molar-refractivity contribution in [2.45, 2.75) is 38.5 Å². The predicted molar refractivity (Wildman–Crippen MR) is 106 cm³/mol. The molecule has 0 aliphatic carbocycles. The lowest BCUT2D eigenvalue weighted by molar-refractivity contribution is -0.922. The number of morpholine rings is 1. The molecule has 1 fully saturated rings. The molecule has 3 rings (SSSR count). The van der Waals surface area contributed by atoms with Crippen LogP contribution in [-0.4, -0.2) is 52.7 Å². The monoisotopic (exact) mass is 390 g/mol. The normalized spacial score (nSPS) is 15.0. The van der Waals surface area contributed by atoms with E-state index in [-0.39, 0.29) is 5.91 Å². The van der Waals surface area contributed by atoms with Gasteiger partial charge in [-0.25, -0.2) is 0 Å². The largest absolute Gasteiger partial charge is 0.370 e. The van der Waals surface area contributed by atoms with Gasteiger partial charge in [-0.2, -0.15) is 0 Å². The van der Waals surface area contributed by atoms with E-state index in [4.69, 9.17) is 4.74 Å². The van der Waals surface area contributed by atoms with Gasteiger partial charge < -0.3 is 19.5 Å². The van der Waals surface area contributed by atoms with Crippen LogP contribution in [0, 0.1) is 0 Å². The van der Waals surface area contributed by atoms with Gasteiger partial charge in [-0.15, -0.1) is 10.2 Å². The molecular weight excluding hydrogens is 362 g/mol. The second-order valence-electron chi connectivity index (χ2n) is 6.53. The number of nitrogens with one attached hydrogen (secondary N) is 2. The maximum absolute atomic E-state index is 12.4. The smallest absolute Gasteiger partial charge is 0.234 e. The van der Waals surface area contributed by atoms with Crippen molar-refractivity contribution in [2.75, 3.05) is 37.4 Å². The summed E-state index contributed by atoms with van der Waals surface area (Å²) in [6.45, 7) is 9.42. The minimum Gasteiger partial charge on any atom is -0.370 e. The molecule has 1 aromatic heterocycles. The molecule has 1 aliphatic heterocycles. The number of para-hydroxylation sites is 1. The highest BCUT2D eigenvalue weighted by Crippen LogP contribution is 2.19. The SMILES string of the molecule is CCc1ccccc1NC(=O)CSc1nnc(C[NH+]2CCOCC2)n1CC. The number of rotatable bonds is 8. The van der Waals surface area contributed by atoms with Crippen LogP contribution in [0.2, 0.25) is 0 Å². The van der Waals surface area contributed by atoms with Crippen LogP contribution in [-0.2, 0) is 29.0 Å². The third-order valence-electron chi connectivity index (χ3n) is 4.72. The van der Waals surface area contributed by atoms with Crippen molar-refractivity contribution in [3.05, 3.63) is 35.7 Å². The van der Waals surface area contributed by atoms with E-state index >= 15 is 0 Å². The molecule has 1 aliphatic rings. The highest BCUT2D eigenvalue weighted by molar-refractivity contribution is 7.99.